The first-order valence-electron chi connectivity index (χ1n) is 6.67. The number of aliphatic carboxylic acids is 1. The molecule has 1 N–H and O–H groups in total. The molecule has 0 aliphatic carbocycles. The van der Waals surface area contributed by atoms with E-state index in [1.165, 1.54) is 0 Å². The van der Waals surface area contributed by atoms with Crippen molar-refractivity contribution in [3.05, 3.63) is 59.7 Å². The van der Waals surface area contributed by atoms with Gasteiger partial charge in [-0.25, -0.2) is 0 Å². The summed E-state index contributed by atoms with van der Waals surface area (Å²) in [5, 5.41) is 9.42. The number of benzene rings is 2. The summed E-state index contributed by atoms with van der Waals surface area (Å²) in [5.74, 6) is -0.321. The number of methoxy groups -OCH3 is 1. The summed E-state index contributed by atoms with van der Waals surface area (Å²) in [6.07, 6.45) is 0. The summed E-state index contributed by atoms with van der Waals surface area (Å²) in [6, 6.07) is 14.6. The van der Waals surface area contributed by atoms with Gasteiger partial charge in [-0.1, -0.05) is 30.3 Å². The zero-order valence-corrected chi connectivity index (χ0v) is 12.1. The zero-order valence-electron chi connectivity index (χ0n) is 12.1. The van der Waals surface area contributed by atoms with Crippen LogP contribution in [0.2, 0.25) is 0 Å². The number of aryl methyl sites for hydroxylation is 1. The molecule has 2 aromatic carbocycles. The van der Waals surface area contributed by atoms with Gasteiger partial charge in [0.2, 0.25) is 0 Å². The average molecular weight is 286 g/mol. The van der Waals surface area contributed by atoms with Crippen LogP contribution in [0.15, 0.2) is 48.5 Å². The van der Waals surface area contributed by atoms with Crippen LogP contribution in [0.5, 0.6) is 11.5 Å². The number of hydrogen-bond donors (Lipinski definition) is 1. The fraction of sp³-hybridized carbons (Fsp3) is 0.235. The Bertz CT molecular complexity index is 622. The van der Waals surface area contributed by atoms with E-state index >= 15 is 0 Å². The Kier molecular flexibility index (Phi) is 4.82. The van der Waals surface area contributed by atoms with Crippen molar-refractivity contribution < 1.29 is 19.4 Å². The minimum atomic E-state index is -0.920. The molecule has 2 aromatic rings. The van der Waals surface area contributed by atoms with Gasteiger partial charge in [-0.15, -0.1) is 0 Å². The summed E-state index contributed by atoms with van der Waals surface area (Å²) >= 11 is 0. The highest BCUT2D eigenvalue weighted by Crippen LogP contribution is 2.24. The van der Waals surface area contributed by atoms with Crippen LogP contribution in [-0.2, 0) is 4.79 Å². The van der Waals surface area contributed by atoms with E-state index in [2.05, 4.69) is 0 Å². The molecule has 110 valence electrons. The Morgan fingerprint density at radius 1 is 1.19 bits per heavy atom. The van der Waals surface area contributed by atoms with Crippen LogP contribution < -0.4 is 9.47 Å². The van der Waals surface area contributed by atoms with Gasteiger partial charge in [0.05, 0.1) is 7.11 Å². The lowest BCUT2D eigenvalue weighted by atomic mass is 10.00. The molecule has 0 heterocycles. The van der Waals surface area contributed by atoms with Gasteiger partial charge in [-0.3, -0.25) is 4.79 Å². The van der Waals surface area contributed by atoms with Gasteiger partial charge in [0.15, 0.2) is 0 Å². The molecule has 4 nitrogen and oxygen atoms in total. The molecule has 0 amide bonds. The third-order valence-corrected chi connectivity index (χ3v) is 3.29. The van der Waals surface area contributed by atoms with Crippen LogP contribution in [0.25, 0.3) is 0 Å². The smallest absolute Gasteiger partial charge is 0.314 e. The van der Waals surface area contributed by atoms with E-state index in [1.807, 2.05) is 31.2 Å². The molecule has 0 bridgehead atoms. The van der Waals surface area contributed by atoms with Crippen molar-refractivity contribution >= 4 is 5.97 Å². The number of hydrogen-bond acceptors (Lipinski definition) is 3. The first kappa shape index (κ1) is 14.9. The number of carboxylic acid groups (broad SMARTS) is 1. The molecule has 1 unspecified atom stereocenters. The van der Waals surface area contributed by atoms with E-state index in [-0.39, 0.29) is 6.61 Å². The summed E-state index contributed by atoms with van der Waals surface area (Å²) in [7, 11) is 1.55. The number of carboxylic acids is 1. The van der Waals surface area contributed by atoms with Crippen molar-refractivity contribution in [1.82, 2.24) is 0 Å². The molecule has 0 saturated carbocycles. The first-order valence-corrected chi connectivity index (χ1v) is 6.67. The average Bonchev–Trinajstić information content (AvgIpc) is 2.49. The monoisotopic (exact) mass is 286 g/mol. The number of ether oxygens (including phenoxy) is 2. The quantitative estimate of drug-likeness (QED) is 0.885. The van der Waals surface area contributed by atoms with E-state index in [0.717, 1.165) is 5.56 Å². The molecule has 0 fully saturated rings. The Hall–Kier alpha value is -2.49. The van der Waals surface area contributed by atoms with Crippen LogP contribution in [0, 0.1) is 6.92 Å². The SMILES string of the molecule is COc1cccc(C(COc2ccccc2C)C(=O)O)c1. The summed E-state index contributed by atoms with van der Waals surface area (Å²) in [5.41, 5.74) is 1.64. The molecule has 0 aliphatic heterocycles. The maximum atomic E-state index is 11.5. The maximum Gasteiger partial charge on any atom is 0.314 e. The van der Waals surface area contributed by atoms with Crippen molar-refractivity contribution in [1.29, 1.82) is 0 Å². The summed E-state index contributed by atoms with van der Waals surface area (Å²) in [4.78, 5) is 11.5. The number of carbonyl (C=O) groups is 1. The Morgan fingerprint density at radius 2 is 1.95 bits per heavy atom. The van der Waals surface area contributed by atoms with Crippen molar-refractivity contribution in [3.63, 3.8) is 0 Å². The number of rotatable bonds is 6. The van der Waals surface area contributed by atoms with Crippen LogP contribution >= 0.6 is 0 Å². The highest BCUT2D eigenvalue weighted by atomic mass is 16.5. The van der Waals surface area contributed by atoms with Crippen molar-refractivity contribution in [2.75, 3.05) is 13.7 Å². The Balaban J connectivity index is 2.16. The maximum absolute atomic E-state index is 11.5. The predicted molar refractivity (Wildman–Crippen MR) is 80.0 cm³/mol. The van der Waals surface area contributed by atoms with E-state index in [4.69, 9.17) is 9.47 Å². The Morgan fingerprint density at radius 3 is 2.62 bits per heavy atom. The standard InChI is InChI=1S/C17H18O4/c1-12-6-3-4-9-16(12)21-11-15(17(18)19)13-7-5-8-14(10-13)20-2/h3-10,15H,11H2,1-2H3,(H,18,19). The molecule has 21 heavy (non-hydrogen) atoms. The second kappa shape index (κ2) is 6.79. The van der Waals surface area contributed by atoms with Crippen LogP contribution in [0.3, 0.4) is 0 Å². The molecule has 0 saturated heterocycles. The summed E-state index contributed by atoms with van der Waals surface area (Å²) < 4.78 is 10.8. The summed E-state index contributed by atoms with van der Waals surface area (Å²) in [6.45, 7) is 2.00. The number of para-hydroxylation sites is 1. The van der Waals surface area contributed by atoms with Gasteiger partial charge in [0.1, 0.15) is 24.0 Å². The predicted octanol–water partition coefficient (Wildman–Crippen LogP) is 3.25. The normalized spacial score (nSPS) is 11.7. The second-order valence-corrected chi connectivity index (χ2v) is 4.74. The zero-order chi connectivity index (χ0) is 15.2. The van der Waals surface area contributed by atoms with Gasteiger partial charge in [-0.2, -0.15) is 0 Å². The molecule has 0 radical (unpaired) electrons. The molecule has 4 heteroatoms. The van der Waals surface area contributed by atoms with Crippen molar-refractivity contribution in [2.24, 2.45) is 0 Å². The van der Waals surface area contributed by atoms with Crippen LogP contribution in [-0.4, -0.2) is 24.8 Å². The lowest BCUT2D eigenvalue weighted by Crippen LogP contribution is -2.19. The van der Waals surface area contributed by atoms with Gasteiger partial charge < -0.3 is 14.6 Å². The van der Waals surface area contributed by atoms with Gasteiger partial charge in [0.25, 0.3) is 0 Å². The molecule has 2 rings (SSSR count). The highest BCUT2D eigenvalue weighted by Gasteiger charge is 2.21. The van der Waals surface area contributed by atoms with Gasteiger partial charge >= 0.3 is 5.97 Å². The van der Waals surface area contributed by atoms with Crippen LogP contribution in [0.1, 0.15) is 17.0 Å². The second-order valence-electron chi connectivity index (χ2n) is 4.74. The van der Waals surface area contributed by atoms with Crippen molar-refractivity contribution in [3.8, 4) is 11.5 Å². The minimum absolute atomic E-state index is 0.0767. The van der Waals surface area contributed by atoms with Gasteiger partial charge in [-0.05, 0) is 36.2 Å². The molecule has 0 aliphatic rings. The van der Waals surface area contributed by atoms with Crippen LogP contribution in [0.4, 0.5) is 0 Å². The lowest BCUT2D eigenvalue weighted by Gasteiger charge is -2.16. The molecule has 0 aromatic heterocycles. The minimum Gasteiger partial charge on any atom is -0.497 e. The van der Waals surface area contributed by atoms with E-state index in [1.54, 1.807) is 31.4 Å². The van der Waals surface area contributed by atoms with Crippen molar-refractivity contribution in [2.45, 2.75) is 12.8 Å². The van der Waals surface area contributed by atoms with E-state index in [0.29, 0.717) is 17.1 Å². The van der Waals surface area contributed by atoms with E-state index in [9.17, 15) is 9.90 Å². The topological polar surface area (TPSA) is 55.8 Å². The molecular formula is C17H18O4. The largest absolute Gasteiger partial charge is 0.497 e. The third kappa shape index (κ3) is 3.75. The molecular weight excluding hydrogens is 268 g/mol. The van der Waals surface area contributed by atoms with E-state index < -0.39 is 11.9 Å². The first-order chi connectivity index (χ1) is 10.1. The van der Waals surface area contributed by atoms with Gasteiger partial charge in [0, 0.05) is 0 Å². The fourth-order valence-corrected chi connectivity index (χ4v) is 2.06. The fourth-order valence-electron chi connectivity index (χ4n) is 2.06. The third-order valence-electron chi connectivity index (χ3n) is 3.29. The molecule has 0 spiro atoms. The Labute approximate surface area is 123 Å². The highest BCUT2D eigenvalue weighted by molar-refractivity contribution is 5.76. The molecule has 1 atom stereocenters. The lowest BCUT2D eigenvalue weighted by molar-refractivity contribution is -0.139.